The first kappa shape index (κ1) is 33.4. The molecule has 0 radical (unpaired) electrons. The molecule has 44 heavy (non-hydrogen) atoms. The van der Waals surface area contributed by atoms with E-state index in [1.807, 2.05) is 24.3 Å². The van der Waals surface area contributed by atoms with E-state index in [-0.39, 0.29) is 31.6 Å². The van der Waals surface area contributed by atoms with Crippen molar-refractivity contribution in [2.24, 2.45) is 5.73 Å². The van der Waals surface area contributed by atoms with E-state index < -0.39 is 23.5 Å². The number of hydrogen-bond donors (Lipinski definition) is 2. The van der Waals surface area contributed by atoms with Crippen LogP contribution in [0.3, 0.4) is 0 Å². The van der Waals surface area contributed by atoms with Crippen LogP contribution in [0.15, 0.2) is 67.0 Å². The molecule has 0 bridgehead atoms. The molecule has 7 nitrogen and oxygen atoms in total. The number of benzene rings is 2. The van der Waals surface area contributed by atoms with Gasteiger partial charge in [-0.3, -0.25) is 19.6 Å². The van der Waals surface area contributed by atoms with Gasteiger partial charge in [0, 0.05) is 63.3 Å². The zero-order chi connectivity index (χ0) is 32.1. The van der Waals surface area contributed by atoms with Crippen LogP contribution in [0.5, 0.6) is 0 Å². The number of alkyl halides is 6. The second-order valence-electron chi connectivity index (χ2n) is 10.9. The van der Waals surface area contributed by atoms with Gasteiger partial charge in [-0.1, -0.05) is 42.5 Å². The van der Waals surface area contributed by atoms with Crippen molar-refractivity contribution in [3.8, 4) is 11.1 Å². The number of hydrogen-bond acceptors (Lipinski definition) is 7. The Bertz CT molecular complexity index is 1390. The Hall–Kier alpha value is -3.52. The summed E-state index contributed by atoms with van der Waals surface area (Å²) in [4.78, 5) is 21.0. The van der Waals surface area contributed by atoms with Crippen molar-refractivity contribution in [1.29, 1.82) is 0 Å². The fourth-order valence-electron chi connectivity index (χ4n) is 5.43. The summed E-state index contributed by atoms with van der Waals surface area (Å²) in [6, 6.07) is 12.9. The molecule has 1 aliphatic rings. The van der Waals surface area contributed by atoms with Gasteiger partial charge in [-0.15, -0.1) is 0 Å². The first-order valence-corrected chi connectivity index (χ1v) is 14.0. The summed E-state index contributed by atoms with van der Waals surface area (Å²) in [6.07, 6.45) is -8.24. The maximum absolute atomic E-state index is 13.3. The molecule has 1 fully saturated rings. The van der Waals surface area contributed by atoms with Crippen LogP contribution in [0.4, 0.5) is 26.3 Å². The quantitative estimate of drug-likeness (QED) is 0.244. The number of aromatic nitrogens is 1. The van der Waals surface area contributed by atoms with Crippen LogP contribution >= 0.6 is 0 Å². The lowest BCUT2D eigenvalue weighted by molar-refractivity contribution is -0.376. The van der Waals surface area contributed by atoms with Crippen LogP contribution in [-0.4, -0.2) is 77.0 Å². The lowest BCUT2D eigenvalue weighted by Crippen LogP contribution is -2.53. The van der Waals surface area contributed by atoms with Gasteiger partial charge in [0.25, 0.3) is 5.60 Å². The number of aryl methyl sites for hydroxylation is 1. The second kappa shape index (κ2) is 13.6. The van der Waals surface area contributed by atoms with E-state index in [1.54, 1.807) is 25.4 Å². The van der Waals surface area contributed by atoms with Crippen LogP contribution in [0.2, 0.25) is 0 Å². The molecule has 1 aromatic heterocycles. The SMILES string of the molecule is Cc1cc(CN2CCN(Cc3ccncc3)C(CC(=O)OCCN)C2)ccc1-c1ccc(C(O)(C(F)(F)F)C(F)(F)F)cc1. The molecular formula is C31H34F6N4O3. The van der Waals surface area contributed by atoms with Crippen molar-refractivity contribution in [1.82, 2.24) is 14.8 Å². The lowest BCUT2D eigenvalue weighted by Gasteiger charge is -2.41. The molecule has 0 spiro atoms. The zero-order valence-electron chi connectivity index (χ0n) is 24.0. The largest absolute Gasteiger partial charge is 0.464 e. The Morgan fingerprint density at radius 1 is 0.955 bits per heavy atom. The molecule has 13 heteroatoms. The Balaban J connectivity index is 1.47. The average molecular weight is 625 g/mol. The number of carbonyl (C=O) groups excluding carboxylic acids is 1. The summed E-state index contributed by atoms with van der Waals surface area (Å²) in [5.41, 5.74) is 3.04. The number of halogens is 6. The maximum Gasteiger partial charge on any atom is 0.430 e. The van der Waals surface area contributed by atoms with Crippen molar-refractivity contribution in [2.45, 2.75) is 50.4 Å². The van der Waals surface area contributed by atoms with E-state index in [4.69, 9.17) is 10.5 Å². The number of pyridine rings is 1. The van der Waals surface area contributed by atoms with Gasteiger partial charge in [0.15, 0.2) is 0 Å². The normalized spacial score (nSPS) is 17.1. The number of esters is 1. The predicted molar refractivity (Wildman–Crippen MR) is 151 cm³/mol. The van der Waals surface area contributed by atoms with Gasteiger partial charge >= 0.3 is 18.3 Å². The highest BCUT2D eigenvalue weighted by Crippen LogP contribution is 2.50. The monoisotopic (exact) mass is 624 g/mol. The molecule has 238 valence electrons. The van der Waals surface area contributed by atoms with Gasteiger partial charge in [-0.2, -0.15) is 26.3 Å². The summed E-state index contributed by atoms with van der Waals surface area (Å²) in [7, 11) is 0. The minimum absolute atomic E-state index is 0.104. The van der Waals surface area contributed by atoms with Crippen LogP contribution in [0.25, 0.3) is 11.1 Å². The molecule has 2 heterocycles. The van der Waals surface area contributed by atoms with E-state index >= 15 is 0 Å². The highest BCUT2D eigenvalue weighted by Gasteiger charge is 2.71. The summed E-state index contributed by atoms with van der Waals surface area (Å²) in [5, 5.41) is 9.67. The number of nitrogens with two attached hydrogens (primary N) is 1. The number of ether oxygens (including phenoxy) is 1. The Morgan fingerprint density at radius 2 is 1.61 bits per heavy atom. The summed E-state index contributed by atoms with van der Waals surface area (Å²) in [6.45, 7) is 5.48. The maximum atomic E-state index is 13.3. The van der Waals surface area contributed by atoms with Crippen LogP contribution in [-0.2, 0) is 28.2 Å². The van der Waals surface area contributed by atoms with Gasteiger partial charge in [0.2, 0.25) is 0 Å². The third kappa shape index (κ3) is 7.57. The zero-order valence-corrected chi connectivity index (χ0v) is 24.0. The van der Waals surface area contributed by atoms with E-state index in [2.05, 4.69) is 14.8 Å². The molecule has 0 saturated carbocycles. The second-order valence-corrected chi connectivity index (χ2v) is 10.9. The van der Waals surface area contributed by atoms with Crippen molar-refractivity contribution < 1.29 is 41.0 Å². The number of piperazine rings is 1. The Labute approximate surface area is 251 Å². The first-order chi connectivity index (χ1) is 20.7. The molecule has 1 aliphatic heterocycles. The minimum Gasteiger partial charge on any atom is -0.464 e. The molecule has 4 rings (SSSR count). The molecular weight excluding hydrogens is 590 g/mol. The number of aliphatic hydroxyl groups is 1. The first-order valence-electron chi connectivity index (χ1n) is 14.0. The van der Waals surface area contributed by atoms with Gasteiger partial charge in [0.1, 0.15) is 6.61 Å². The average Bonchev–Trinajstić information content (AvgIpc) is 2.96. The third-order valence-corrected chi connectivity index (χ3v) is 7.74. The highest BCUT2D eigenvalue weighted by atomic mass is 19.4. The molecule has 2 aromatic carbocycles. The van der Waals surface area contributed by atoms with Gasteiger partial charge < -0.3 is 15.6 Å². The molecule has 1 unspecified atom stereocenters. The van der Waals surface area contributed by atoms with Crippen LogP contribution in [0.1, 0.15) is 28.7 Å². The summed E-state index contributed by atoms with van der Waals surface area (Å²) < 4.78 is 84.8. The third-order valence-electron chi connectivity index (χ3n) is 7.74. The molecule has 0 amide bonds. The van der Waals surface area contributed by atoms with E-state index in [0.29, 0.717) is 49.4 Å². The minimum atomic E-state index is -5.95. The van der Waals surface area contributed by atoms with Gasteiger partial charge in [-0.05, 0) is 46.9 Å². The Morgan fingerprint density at radius 3 is 2.20 bits per heavy atom. The van der Waals surface area contributed by atoms with Gasteiger partial charge in [-0.25, -0.2) is 0 Å². The predicted octanol–water partition coefficient (Wildman–Crippen LogP) is 4.95. The fourth-order valence-corrected chi connectivity index (χ4v) is 5.43. The molecule has 1 saturated heterocycles. The van der Waals surface area contributed by atoms with E-state index in [1.165, 1.54) is 0 Å². The number of carbonyl (C=O) groups is 1. The lowest BCUT2D eigenvalue weighted by atomic mass is 9.90. The van der Waals surface area contributed by atoms with Crippen molar-refractivity contribution in [3.63, 3.8) is 0 Å². The summed E-state index contributed by atoms with van der Waals surface area (Å²) in [5.74, 6) is -0.322. The molecule has 3 aromatic rings. The Kier molecular flexibility index (Phi) is 10.3. The number of nitrogens with zero attached hydrogens (tertiary/aromatic N) is 3. The molecule has 3 N–H and O–H groups in total. The van der Waals surface area contributed by atoms with Crippen molar-refractivity contribution in [2.75, 3.05) is 32.8 Å². The molecule has 1 atom stereocenters. The number of rotatable bonds is 10. The standard InChI is InChI=1S/C31H34F6N4O3/c1-21-16-23(2-7-27(21)24-3-5-25(6-4-24)29(43,30(32,33)34)31(35,36)37)18-40-13-14-41(19-22-8-11-39-12-9-22)26(20-40)17-28(42)44-15-10-38/h2-9,11-12,16,26,43H,10,13-15,17-20,38H2,1H3. The fraction of sp³-hybridized carbons (Fsp3) is 0.419. The smallest absolute Gasteiger partial charge is 0.430 e. The topological polar surface area (TPSA) is 91.9 Å². The highest BCUT2D eigenvalue weighted by molar-refractivity contribution is 5.70. The van der Waals surface area contributed by atoms with E-state index in [9.17, 15) is 36.2 Å². The van der Waals surface area contributed by atoms with Crippen LogP contribution < -0.4 is 5.73 Å². The van der Waals surface area contributed by atoms with Crippen molar-refractivity contribution >= 4 is 5.97 Å². The molecule has 0 aliphatic carbocycles. The van der Waals surface area contributed by atoms with Gasteiger partial charge in [0.05, 0.1) is 6.42 Å². The van der Waals surface area contributed by atoms with Crippen molar-refractivity contribution in [3.05, 3.63) is 89.2 Å². The summed E-state index contributed by atoms with van der Waals surface area (Å²) >= 11 is 0. The van der Waals surface area contributed by atoms with E-state index in [0.717, 1.165) is 35.4 Å². The van der Waals surface area contributed by atoms with Crippen LogP contribution in [0, 0.1) is 6.92 Å².